The molecule has 7 heteroatoms. The molecule has 0 aliphatic rings. The summed E-state index contributed by atoms with van der Waals surface area (Å²) in [6, 6.07) is 11.1. The fraction of sp³-hybridized carbons (Fsp3) is 0.0667. The molecule has 0 atom stereocenters. The van der Waals surface area contributed by atoms with Crippen molar-refractivity contribution in [2.24, 2.45) is 5.73 Å². The van der Waals surface area contributed by atoms with Crippen molar-refractivity contribution in [3.63, 3.8) is 0 Å². The SMILES string of the molecule is NC(=O)CSc1ccccc1NC(=O)C=Cc1ccc(Br)s1. The van der Waals surface area contributed by atoms with Crippen LogP contribution in [-0.4, -0.2) is 17.6 Å². The van der Waals surface area contributed by atoms with E-state index in [9.17, 15) is 9.59 Å². The van der Waals surface area contributed by atoms with E-state index in [2.05, 4.69) is 21.2 Å². The van der Waals surface area contributed by atoms with E-state index in [-0.39, 0.29) is 11.7 Å². The number of primary amides is 1. The van der Waals surface area contributed by atoms with E-state index in [1.165, 1.54) is 17.8 Å². The zero-order valence-electron chi connectivity index (χ0n) is 11.4. The molecule has 114 valence electrons. The van der Waals surface area contributed by atoms with Crippen LogP contribution in [0.25, 0.3) is 6.08 Å². The number of nitrogens with one attached hydrogen (secondary N) is 1. The molecule has 22 heavy (non-hydrogen) atoms. The van der Waals surface area contributed by atoms with E-state index >= 15 is 0 Å². The first-order valence-electron chi connectivity index (χ1n) is 6.29. The van der Waals surface area contributed by atoms with E-state index < -0.39 is 5.91 Å². The number of para-hydroxylation sites is 1. The molecule has 0 aliphatic carbocycles. The molecule has 0 unspecified atom stereocenters. The van der Waals surface area contributed by atoms with Gasteiger partial charge in [0, 0.05) is 15.8 Å². The molecule has 2 amide bonds. The van der Waals surface area contributed by atoms with Crippen LogP contribution in [0, 0.1) is 0 Å². The summed E-state index contributed by atoms with van der Waals surface area (Å²) in [4.78, 5) is 24.6. The number of nitrogens with two attached hydrogens (primary N) is 1. The molecule has 3 N–H and O–H groups in total. The Balaban J connectivity index is 2.02. The summed E-state index contributed by atoms with van der Waals surface area (Å²) in [7, 11) is 0. The van der Waals surface area contributed by atoms with Crippen LogP contribution in [0.2, 0.25) is 0 Å². The summed E-state index contributed by atoms with van der Waals surface area (Å²) in [5.41, 5.74) is 5.81. The average molecular weight is 397 g/mol. The van der Waals surface area contributed by atoms with Crippen molar-refractivity contribution in [1.82, 2.24) is 0 Å². The second kappa shape index (κ2) is 8.17. The summed E-state index contributed by atoms with van der Waals surface area (Å²) < 4.78 is 1.01. The lowest BCUT2D eigenvalue weighted by atomic mass is 10.3. The van der Waals surface area contributed by atoms with Crippen LogP contribution >= 0.6 is 39.0 Å². The maximum atomic E-state index is 12.0. The van der Waals surface area contributed by atoms with E-state index in [4.69, 9.17) is 5.73 Å². The monoisotopic (exact) mass is 396 g/mol. The van der Waals surface area contributed by atoms with Gasteiger partial charge in [-0.2, -0.15) is 0 Å². The molecule has 0 spiro atoms. The van der Waals surface area contributed by atoms with Crippen LogP contribution in [-0.2, 0) is 9.59 Å². The Labute approximate surface area is 144 Å². The first-order chi connectivity index (χ1) is 10.5. The number of benzene rings is 1. The maximum Gasteiger partial charge on any atom is 0.248 e. The number of halogens is 1. The molecule has 4 nitrogen and oxygen atoms in total. The van der Waals surface area contributed by atoms with Gasteiger partial charge in [0.15, 0.2) is 0 Å². The minimum absolute atomic E-state index is 0.173. The maximum absolute atomic E-state index is 12.0. The van der Waals surface area contributed by atoms with Gasteiger partial charge >= 0.3 is 0 Å². The molecule has 0 fully saturated rings. The Hall–Kier alpha value is -1.57. The lowest BCUT2D eigenvalue weighted by Gasteiger charge is -2.08. The van der Waals surface area contributed by atoms with Crippen LogP contribution in [0.3, 0.4) is 0 Å². The predicted molar refractivity (Wildman–Crippen MR) is 96.0 cm³/mol. The highest BCUT2D eigenvalue weighted by Crippen LogP contribution is 2.27. The van der Waals surface area contributed by atoms with Crippen LogP contribution in [0.4, 0.5) is 5.69 Å². The van der Waals surface area contributed by atoms with Crippen molar-refractivity contribution in [2.45, 2.75) is 4.90 Å². The summed E-state index contributed by atoms with van der Waals surface area (Å²) >= 11 is 6.22. The molecule has 1 heterocycles. The smallest absolute Gasteiger partial charge is 0.248 e. The summed E-state index contributed by atoms with van der Waals surface area (Å²) in [6.45, 7) is 0. The lowest BCUT2D eigenvalue weighted by molar-refractivity contribution is -0.115. The van der Waals surface area contributed by atoms with E-state index in [0.717, 1.165) is 13.6 Å². The first-order valence-corrected chi connectivity index (χ1v) is 8.88. The number of carbonyl (C=O) groups excluding carboxylic acids is 2. The Bertz CT molecular complexity index is 713. The molecule has 0 radical (unpaired) electrons. The van der Waals surface area contributed by atoms with Gasteiger partial charge in [0.1, 0.15) is 0 Å². The topological polar surface area (TPSA) is 72.2 Å². The third-order valence-corrected chi connectivity index (χ3v) is 5.19. The van der Waals surface area contributed by atoms with Crippen LogP contribution in [0.5, 0.6) is 0 Å². The molecular formula is C15H13BrN2O2S2. The molecular weight excluding hydrogens is 384 g/mol. The molecule has 1 aromatic heterocycles. The van der Waals surface area contributed by atoms with Crippen LogP contribution < -0.4 is 11.1 Å². The largest absolute Gasteiger partial charge is 0.369 e. The number of anilines is 1. The van der Waals surface area contributed by atoms with Crippen molar-refractivity contribution >= 4 is 62.6 Å². The Morgan fingerprint density at radius 2 is 2.05 bits per heavy atom. The standard InChI is InChI=1S/C15H13BrN2O2S2/c16-13-7-5-10(22-13)6-8-15(20)18-11-3-1-2-4-12(11)21-9-14(17)19/h1-8H,9H2,(H2,17,19)(H,18,20). The van der Waals surface area contributed by atoms with Gasteiger partial charge < -0.3 is 11.1 Å². The Kier molecular flexibility index (Phi) is 6.23. The highest BCUT2D eigenvalue weighted by Gasteiger charge is 2.06. The normalized spacial score (nSPS) is 10.8. The highest BCUT2D eigenvalue weighted by molar-refractivity contribution is 9.11. The van der Waals surface area contributed by atoms with Crippen molar-refractivity contribution in [2.75, 3.05) is 11.1 Å². The van der Waals surface area contributed by atoms with E-state index in [0.29, 0.717) is 5.69 Å². The fourth-order valence-electron chi connectivity index (χ4n) is 1.59. The van der Waals surface area contributed by atoms with Crippen LogP contribution in [0.1, 0.15) is 4.88 Å². The molecule has 0 bridgehead atoms. The number of thiophene rings is 1. The van der Waals surface area contributed by atoms with Gasteiger partial charge in [-0.1, -0.05) is 12.1 Å². The average Bonchev–Trinajstić information content (AvgIpc) is 2.90. The van der Waals surface area contributed by atoms with Crippen molar-refractivity contribution in [1.29, 1.82) is 0 Å². The molecule has 0 aliphatic heterocycles. The highest BCUT2D eigenvalue weighted by atomic mass is 79.9. The van der Waals surface area contributed by atoms with Crippen molar-refractivity contribution in [3.05, 3.63) is 51.1 Å². The minimum Gasteiger partial charge on any atom is -0.369 e. The molecule has 0 saturated carbocycles. The number of hydrogen-bond acceptors (Lipinski definition) is 4. The van der Waals surface area contributed by atoms with Gasteiger partial charge in [-0.15, -0.1) is 23.1 Å². The fourth-order valence-corrected chi connectivity index (χ4v) is 3.67. The third kappa shape index (κ3) is 5.32. The summed E-state index contributed by atoms with van der Waals surface area (Å²) in [5, 5.41) is 2.81. The van der Waals surface area contributed by atoms with Gasteiger partial charge in [-0.05, 0) is 46.3 Å². The molecule has 2 rings (SSSR count). The second-order valence-corrected chi connectivity index (χ2v) is 7.73. The summed E-state index contributed by atoms with van der Waals surface area (Å²) in [5.74, 6) is -0.447. The van der Waals surface area contributed by atoms with Crippen molar-refractivity contribution in [3.8, 4) is 0 Å². The Morgan fingerprint density at radius 3 is 2.73 bits per heavy atom. The molecule has 1 aromatic carbocycles. The number of rotatable bonds is 6. The van der Waals surface area contributed by atoms with E-state index in [1.54, 1.807) is 23.5 Å². The van der Waals surface area contributed by atoms with E-state index in [1.807, 2.05) is 30.3 Å². The van der Waals surface area contributed by atoms with Gasteiger partial charge in [0.05, 0.1) is 15.2 Å². The number of carbonyl (C=O) groups is 2. The quantitative estimate of drug-likeness (QED) is 0.576. The van der Waals surface area contributed by atoms with Gasteiger partial charge in [-0.25, -0.2) is 0 Å². The number of hydrogen-bond donors (Lipinski definition) is 2. The minimum atomic E-state index is -0.394. The number of amides is 2. The number of thioether (sulfide) groups is 1. The van der Waals surface area contributed by atoms with Crippen molar-refractivity contribution < 1.29 is 9.59 Å². The zero-order chi connectivity index (χ0) is 15.9. The van der Waals surface area contributed by atoms with Crippen LogP contribution in [0.15, 0.2) is 51.2 Å². The molecule has 2 aromatic rings. The van der Waals surface area contributed by atoms with Gasteiger partial charge in [0.25, 0.3) is 0 Å². The lowest BCUT2D eigenvalue weighted by Crippen LogP contribution is -2.13. The predicted octanol–water partition coefficient (Wildman–Crippen LogP) is 3.74. The zero-order valence-corrected chi connectivity index (χ0v) is 14.6. The third-order valence-electron chi connectivity index (χ3n) is 2.51. The second-order valence-electron chi connectivity index (χ2n) is 4.22. The Morgan fingerprint density at radius 1 is 1.27 bits per heavy atom. The first kappa shape index (κ1) is 16.8. The van der Waals surface area contributed by atoms with Gasteiger partial charge in [0.2, 0.25) is 11.8 Å². The summed E-state index contributed by atoms with van der Waals surface area (Å²) in [6.07, 6.45) is 3.23. The van der Waals surface area contributed by atoms with Gasteiger partial charge in [-0.3, -0.25) is 9.59 Å². The molecule has 0 saturated heterocycles.